The van der Waals surface area contributed by atoms with Crippen LogP contribution in [0.2, 0.25) is 0 Å². The molecule has 0 bridgehead atoms. The zero-order chi connectivity index (χ0) is 16.3. The fourth-order valence-electron chi connectivity index (χ4n) is 2.71. The van der Waals surface area contributed by atoms with Crippen LogP contribution in [0.3, 0.4) is 0 Å². The van der Waals surface area contributed by atoms with Crippen LogP contribution in [0.1, 0.15) is 18.4 Å². The largest absolute Gasteiger partial charge is 0.497 e. The number of nitrogens with zero attached hydrogens (tertiary/aromatic N) is 1. The number of para-hydroxylation sites is 1. The molecule has 1 N–H and O–H groups in total. The molecule has 0 saturated heterocycles. The van der Waals surface area contributed by atoms with Crippen molar-refractivity contribution in [3.05, 3.63) is 53.8 Å². The first-order valence-corrected chi connectivity index (χ1v) is 9.14. The minimum absolute atomic E-state index is 0.139. The zero-order valence-electron chi connectivity index (χ0n) is 13.0. The Balaban J connectivity index is 1.66. The molecular weight excluding hydrogens is 312 g/mol. The van der Waals surface area contributed by atoms with Crippen LogP contribution < -0.4 is 4.72 Å². The maximum Gasteiger partial charge on any atom is 0.254 e. The molecule has 122 valence electrons. The Morgan fingerprint density at radius 3 is 2.87 bits per heavy atom. The van der Waals surface area contributed by atoms with Crippen molar-refractivity contribution in [2.24, 2.45) is 10.9 Å². The summed E-state index contributed by atoms with van der Waals surface area (Å²) < 4.78 is 32.7. The second-order valence-corrected chi connectivity index (χ2v) is 7.42. The van der Waals surface area contributed by atoms with E-state index in [-0.39, 0.29) is 11.0 Å². The minimum atomic E-state index is -3.53. The summed E-state index contributed by atoms with van der Waals surface area (Å²) >= 11 is 0. The van der Waals surface area contributed by atoms with Gasteiger partial charge in [0.05, 0.1) is 12.8 Å². The predicted octanol–water partition coefficient (Wildman–Crippen LogP) is 2.69. The molecule has 0 fully saturated rings. The number of ether oxygens (including phenoxy) is 1. The van der Waals surface area contributed by atoms with Gasteiger partial charge in [-0.3, -0.25) is 0 Å². The van der Waals surface area contributed by atoms with E-state index in [1.807, 2.05) is 42.5 Å². The smallest absolute Gasteiger partial charge is 0.254 e. The average Bonchev–Trinajstić information content (AvgIpc) is 2.60. The first kappa shape index (κ1) is 16.0. The fourth-order valence-corrected chi connectivity index (χ4v) is 3.89. The lowest BCUT2D eigenvalue weighted by Crippen LogP contribution is -2.35. The topological polar surface area (TPSA) is 67.8 Å². The third-order valence-corrected chi connectivity index (χ3v) is 5.54. The highest BCUT2D eigenvalue weighted by molar-refractivity contribution is 8.04. The van der Waals surface area contributed by atoms with E-state index in [1.54, 1.807) is 7.11 Å². The van der Waals surface area contributed by atoms with E-state index >= 15 is 0 Å². The molecule has 6 heteroatoms. The Bertz CT molecular complexity index is 779. The number of hydrogen-bond donors (Lipinski definition) is 1. The number of rotatable bonds is 4. The van der Waals surface area contributed by atoms with E-state index in [4.69, 9.17) is 4.74 Å². The number of aliphatic imine (C=N–C) groups is 1. The van der Waals surface area contributed by atoms with Crippen LogP contribution in [0.25, 0.3) is 0 Å². The van der Waals surface area contributed by atoms with Crippen molar-refractivity contribution < 1.29 is 13.2 Å². The number of methoxy groups -OCH3 is 1. The van der Waals surface area contributed by atoms with Gasteiger partial charge in [0.2, 0.25) is 0 Å². The number of aryl methyl sites for hydroxylation is 1. The van der Waals surface area contributed by atoms with Gasteiger partial charge in [-0.05, 0) is 42.5 Å². The summed E-state index contributed by atoms with van der Waals surface area (Å²) in [5.74, 6) is 0.956. The highest BCUT2D eigenvalue weighted by Crippen LogP contribution is 2.26. The summed E-state index contributed by atoms with van der Waals surface area (Å²) in [6.45, 7) is 0.368. The van der Waals surface area contributed by atoms with Gasteiger partial charge in [-0.25, -0.2) is 18.1 Å². The van der Waals surface area contributed by atoms with Crippen molar-refractivity contribution in [1.29, 1.82) is 0 Å². The maximum absolute atomic E-state index is 12.5. The monoisotopic (exact) mass is 332 g/mol. The Morgan fingerprint density at radius 2 is 2.13 bits per heavy atom. The molecule has 0 spiro atoms. The molecule has 0 radical (unpaired) electrons. The van der Waals surface area contributed by atoms with Crippen molar-refractivity contribution in [2.45, 2.75) is 19.3 Å². The van der Waals surface area contributed by atoms with E-state index in [0.717, 1.165) is 23.4 Å². The van der Waals surface area contributed by atoms with Crippen molar-refractivity contribution in [3.63, 3.8) is 0 Å². The Labute approximate surface area is 136 Å². The molecule has 1 atom stereocenters. The molecule has 0 aromatic heterocycles. The summed E-state index contributed by atoms with van der Waals surface area (Å²) in [6, 6.07) is 7.66. The normalized spacial score (nSPS) is 20.5. The van der Waals surface area contributed by atoms with Gasteiger partial charge in [0.15, 0.2) is 0 Å². The summed E-state index contributed by atoms with van der Waals surface area (Å²) in [6.07, 6.45) is 7.72. The van der Waals surface area contributed by atoms with E-state index < -0.39 is 10.0 Å². The second-order valence-electron chi connectivity index (χ2n) is 5.65. The van der Waals surface area contributed by atoms with E-state index in [9.17, 15) is 8.42 Å². The number of nitrogens with one attached hydrogen (secondary N) is 1. The van der Waals surface area contributed by atoms with Gasteiger partial charge in [0, 0.05) is 13.0 Å². The van der Waals surface area contributed by atoms with Gasteiger partial charge in [0.25, 0.3) is 10.0 Å². The highest BCUT2D eigenvalue weighted by atomic mass is 32.2. The molecular formula is C17H20N2O3S. The van der Waals surface area contributed by atoms with E-state index in [0.29, 0.717) is 19.4 Å². The molecule has 1 aliphatic heterocycles. The maximum atomic E-state index is 12.5. The second kappa shape index (κ2) is 6.68. The molecule has 5 nitrogen and oxygen atoms in total. The van der Waals surface area contributed by atoms with Crippen molar-refractivity contribution in [3.8, 4) is 0 Å². The zero-order valence-corrected chi connectivity index (χ0v) is 13.8. The number of sulfonamides is 1. The van der Waals surface area contributed by atoms with Crippen molar-refractivity contribution >= 4 is 20.8 Å². The minimum Gasteiger partial charge on any atom is -0.497 e. The first-order chi connectivity index (χ1) is 11.1. The highest BCUT2D eigenvalue weighted by Gasteiger charge is 2.24. The standard InChI is InChI=1S/C17H20N2O3S/c1-22-15-9-6-13(7-10-15)12-18-23(20,21)17-11-8-14-4-2-3-5-16(14)19-17/h2-6,9-10,13,18H,7-8,11-12H2,1H3. The molecule has 3 rings (SSSR count). The van der Waals surface area contributed by atoms with Crippen LogP contribution in [0.4, 0.5) is 5.69 Å². The predicted molar refractivity (Wildman–Crippen MR) is 91.1 cm³/mol. The first-order valence-electron chi connectivity index (χ1n) is 7.66. The van der Waals surface area contributed by atoms with Crippen LogP contribution in [0, 0.1) is 5.92 Å². The van der Waals surface area contributed by atoms with Gasteiger partial charge >= 0.3 is 0 Å². The molecule has 0 saturated carbocycles. The van der Waals surface area contributed by atoms with Gasteiger partial charge in [-0.15, -0.1) is 0 Å². The number of benzene rings is 1. The van der Waals surface area contributed by atoms with Crippen molar-refractivity contribution in [2.75, 3.05) is 13.7 Å². The molecule has 1 aromatic carbocycles. The van der Waals surface area contributed by atoms with Crippen LogP contribution in [-0.4, -0.2) is 27.1 Å². The van der Waals surface area contributed by atoms with Gasteiger partial charge in [-0.1, -0.05) is 24.3 Å². The quantitative estimate of drug-likeness (QED) is 0.922. The Kier molecular flexibility index (Phi) is 4.63. The SMILES string of the molecule is COC1=CCC(CNS(=O)(=O)C2=Nc3ccccc3CC2)C=C1. The lowest BCUT2D eigenvalue weighted by molar-refractivity contribution is 0.301. The van der Waals surface area contributed by atoms with Crippen molar-refractivity contribution in [1.82, 2.24) is 4.72 Å². The number of allylic oxidation sites excluding steroid dienone is 2. The summed E-state index contributed by atoms with van der Waals surface area (Å²) in [5.41, 5.74) is 1.85. The third-order valence-electron chi connectivity index (χ3n) is 4.08. The van der Waals surface area contributed by atoms with Gasteiger partial charge < -0.3 is 4.74 Å². The Morgan fingerprint density at radius 1 is 1.30 bits per heavy atom. The summed E-state index contributed by atoms with van der Waals surface area (Å²) in [7, 11) is -1.91. The van der Waals surface area contributed by atoms with Gasteiger partial charge in [0.1, 0.15) is 10.8 Å². The molecule has 0 amide bonds. The summed E-state index contributed by atoms with van der Waals surface area (Å²) in [5, 5.41) is 0.226. The molecule has 2 aliphatic rings. The molecule has 1 aromatic rings. The third kappa shape index (κ3) is 3.71. The average molecular weight is 332 g/mol. The molecule has 23 heavy (non-hydrogen) atoms. The van der Waals surface area contributed by atoms with Crippen LogP contribution in [0.15, 0.2) is 53.2 Å². The van der Waals surface area contributed by atoms with Gasteiger partial charge in [-0.2, -0.15) is 0 Å². The number of hydrogen-bond acceptors (Lipinski definition) is 4. The fraction of sp³-hybridized carbons (Fsp3) is 0.353. The van der Waals surface area contributed by atoms with Crippen LogP contribution in [-0.2, 0) is 21.2 Å². The summed E-state index contributed by atoms with van der Waals surface area (Å²) in [4.78, 5) is 4.32. The van der Waals surface area contributed by atoms with Crippen LogP contribution >= 0.6 is 0 Å². The van der Waals surface area contributed by atoms with Crippen LogP contribution in [0.5, 0.6) is 0 Å². The lowest BCUT2D eigenvalue weighted by atomic mass is 10.0. The number of fused-ring (bicyclic) bond motifs is 1. The van der Waals surface area contributed by atoms with E-state index in [1.165, 1.54) is 0 Å². The lowest BCUT2D eigenvalue weighted by Gasteiger charge is -2.19. The van der Waals surface area contributed by atoms with E-state index in [2.05, 4.69) is 9.71 Å². The molecule has 1 aliphatic carbocycles. The molecule has 1 unspecified atom stereocenters. The Hall–Kier alpha value is -1.92. The molecule has 1 heterocycles.